The third-order valence-electron chi connectivity index (χ3n) is 4.21. The summed E-state index contributed by atoms with van der Waals surface area (Å²) in [4.78, 5) is 0. The third-order valence-corrected chi connectivity index (χ3v) is 4.21. The lowest BCUT2D eigenvalue weighted by atomic mass is 9.77. The summed E-state index contributed by atoms with van der Waals surface area (Å²) in [7, 11) is 0. The molecule has 8 heteroatoms. The second-order valence-electron chi connectivity index (χ2n) is 6.27. The predicted molar refractivity (Wildman–Crippen MR) is 61.1 cm³/mol. The Morgan fingerprint density at radius 1 is 0.810 bits per heavy atom. The molecule has 0 aromatic rings. The van der Waals surface area contributed by atoms with E-state index in [0.717, 1.165) is 27.7 Å². The summed E-state index contributed by atoms with van der Waals surface area (Å²) in [6.45, 7) is 3.55. The van der Waals surface area contributed by atoms with Crippen molar-refractivity contribution in [2.75, 3.05) is 0 Å². The Morgan fingerprint density at radius 3 is 1.52 bits per heavy atom. The molecule has 0 nitrogen and oxygen atoms in total. The van der Waals surface area contributed by atoms with Crippen LogP contribution in [0.2, 0.25) is 0 Å². The number of halogens is 8. The van der Waals surface area contributed by atoms with Crippen LogP contribution in [0.25, 0.3) is 0 Å². The first-order valence-corrected chi connectivity index (χ1v) is 6.61. The summed E-state index contributed by atoms with van der Waals surface area (Å²) in [6.07, 6.45) is -1.95. The van der Waals surface area contributed by atoms with E-state index in [4.69, 9.17) is 0 Å². The number of hydrogen-bond donors (Lipinski definition) is 0. The van der Waals surface area contributed by atoms with Crippen molar-refractivity contribution in [2.45, 2.75) is 57.8 Å². The number of alkyl halides is 8. The lowest BCUT2D eigenvalue weighted by Gasteiger charge is -2.38. The van der Waals surface area contributed by atoms with Crippen LogP contribution in [0.3, 0.4) is 0 Å². The van der Waals surface area contributed by atoms with Gasteiger partial charge in [0.05, 0.1) is 0 Å². The second kappa shape index (κ2) is 4.98. The van der Waals surface area contributed by atoms with Crippen LogP contribution in [0.15, 0.2) is 0 Å². The molecule has 1 saturated carbocycles. The third kappa shape index (κ3) is 2.63. The van der Waals surface area contributed by atoms with E-state index < -0.39 is 53.8 Å². The van der Waals surface area contributed by atoms with Crippen LogP contribution in [0.1, 0.15) is 34.1 Å². The van der Waals surface area contributed by atoms with Crippen molar-refractivity contribution in [1.82, 2.24) is 0 Å². The Balaban J connectivity index is 3.44. The van der Waals surface area contributed by atoms with Crippen molar-refractivity contribution >= 4 is 0 Å². The summed E-state index contributed by atoms with van der Waals surface area (Å²) in [5.41, 5.74) is 0. The highest BCUT2D eigenvalue weighted by Gasteiger charge is 2.79. The molecule has 1 aliphatic rings. The summed E-state index contributed by atoms with van der Waals surface area (Å²) in [5, 5.41) is 0. The van der Waals surface area contributed by atoms with Crippen molar-refractivity contribution in [3.8, 4) is 0 Å². The minimum atomic E-state index is -5.18. The van der Waals surface area contributed by atoms with Crippen LogP contribution >= 0.6 is 0 Å². The fourth-order valence-corrected chi connectivity index (χ4v) is 2.67. The first kappa shape index (κ1) is 18.5. The van der Waals surface area contributed by atoms with E-state index in [1.807, 2.05) is 0 Å². The molecule has 0 radical (unpaired) electrons. The van der Waals surface area contributed by atoms with Gasteiger partial charge in [-0.05, 0) is 0 Å². The molecule has 0 heterocycles. The van der Waals surface area contributed by atoms with Gasteiger partial charge < -0.3 is 0 Å². The quantitative estimate of drug-likeness (QED) is 0.601. The highest BCUT2D eigenvalue weighted by Crippen LogP contribution is 2.64. The van der Waals surface area contributed by atoms with Crippen molar-refractivity contribution in [3.05, 3.63) is 0 Å². The maximum Gasteiger partial charge on any atom is 0.319 e. The normalized spacial score (nSPS) is 29.4. The second-order valence-corrected chi connectivity index (χ2v) is 6.27. The van der Waals surface area contributed by atoms with Gasteiger partial charge in [-0.1, -0.05) is 27.7 Å². The summed E-state index contributed by atoms with van der Waals surface area (Å²) < 4.78 is 110. The molecule has 0 spiro atoms. The Hall–Kier alpha value is -0.560. The van der Waals surface area contributed by atoms with Gasteiger partial charge in [0.15, 0.2) is 0 Å². The zero-order valence-electron chi connectivity index (χ0n) is 12.0. The smallest absolute Gasteiger partial charge is 0.206 e. The first-order valence-electron chi connectivity index (χ1n) is 6.61. The van der Waals surface area contributed by atoms with E-state index in [-0.39, 0.29) is 0 Å². The average molecular weight is 326 g/mol. The van der Waals surface area contributed by atoms with Crippen molar-refractivity contribution in [2.24, 2.45) is 23.7 Å². The summed E-state index contributed by atoms with van der Waals surface area (Å²) >= 11 is 0. The molecule has 0 aliphatic heterocycles. The lowest BCUT2D eigenvalue weighted by molar-refractivity contribution is -0.263. The van der Waals surface area contributed by atoms with Crippen molar-refractivity contribution < 1.29 is 35.1 Å². The molecule has 0 aromatic carbocycles. The molecule has 2 atom stereocenters. The molecule has 126 valence electrons. The van der Waals surface area contributed by atoms with Gasteiger partial charge in [-0.2, -0.15) is 17.6 Å². The molecule has 0 aromatic heterocycles. The fourth-order valence-electron chi connectivity index (χ4n) is 2.67. The van der Waals surface area contributed by atoms with E-state index in [2.05, 4.69) is 0 Å². The Bertz CT molecular complexity index is 386. The van der Waals surface area contributed by atoms with Gasteiger partial charge in [0.25, 0.3) is 11.8 Å². The average Bonchev–Trinajstić information content (AvgIpc) is 2.45. The largest absolute Gasteiger partial charge is 0.319 e. The Labute approximate surface area is 117 Å². The molecule has 0 saturated heterocycles. The van der Waals surface area contributed by atoms with Crippen LogP contribution in [0.5, 0.6) is 0 Å². The van der Waals surface area contributed by atoms with Crippen LogP contribution in [-0.2, 0) is 0 Å². The highest BCUT2D eigenvalue weighted by atomic mass is 19.3. The van der Waals surface area contributed by atoms with Gasteiger partial charge in [0.2, 0.25) is 0 Å². The fraction of sp³-hybridized carbons (Fsp3) is 1.00. The van der Waals surface area contributed by atoms with Gasteiger partial charge in [-0.15, -0.1) is 0 Å². The maximum atomic E-state index is 14.0. The van der Waals surface area contributed by atoms with E-state index in [1.54, 1.807) is 0 Å². The summed E-state index contributed by atoms with van der Waals surface area (Å²) in [5.74, 6) is -27.9. The van der Waals surface area contributed by atoms with E-state index in [1.165, 1.54) is 0 Å². The van der Waals surface area contributed by atoms with E-state index >= 15 is 0 Å². The zero-order chi connectivity index (χ0) is 17.0. The first-order chi connectivity index (χ1) is 9.10. The minimum absolute atomic E-state index is 0.844. The predicted octanol–water partition coefficient (Wildman–Crippen LogP) is 5.48. The molecule has 21 heavy (non-hydrogen) atoms. The number of rotatable bonds is 4. The van der Waals surface area contributed by atoms with Gasteiger partial charge >= 0.3 is 11.8 Å². The SMILES string of the molecule is CC(C)C(F)(F)C1CC(F)(F)C(F)(F)C1C(F)(F)C(C)C. The monoisotopic (exact) mass is 326 g/mol. The van der Waals surface area contributed by atoms with Crippen molar-refractivity contribution in [3.63, 3.8) is 0 Å². The van der Waals surface area contributed by atoms with E-state index in [9.17, 15) is 35.1 Å². The molecule has 0 bridgehead atoms. The van der Waals surface area contributed by atoms with Gasteiger partial charge in [0.1, 0.15) is 5.92 Å². The minimum Gasteiger partial charge on any atom is -0.206 e. The van der Waals surface area contributed by atoms with Gasteiger partial charge in [-0.25, -0.2) is 17.6 Å². The Morgan fingerprint density at radius 2 is 1.19 bits per heavy atom. The molecular weight excluding hydrogens is 308 g/mol. The maximum absolute atomic E-state index is 14.0. The topological polar surface area (TPSA) is 0 Å². The molecule has 0 N–H and O–H groups in total. The molecule has 1 fully saturated rings. The van der Waals surface area contributed by atoms with Crippen LogP contribution < -0.4 is 0 Å². The van der Waals surface area contributed by atoms with E-state index in [0.29, 0.717) is 0 Å². The van der Waals surface area contributed by atoms with Gasteiger partial charge in [0, 0.05) is 24.2 Å². The molecule has 1 rings (SSSR count). The zero-order valence-corrected chi connectivity index (χ0v) is 12.0. The molecule has 0 amide bonds. The standard InChI is InChI=1S/C13H18F8/c1-6(2)11(16,17)8-5-10(14,15)13(20,21)9(8)12(18,19)7(3)4/h6-9H,5H2,1-4H3. The molecular formula is C13H18F8. The highest BCUT2D eigenvalue weighted by molar-refractivity contribution is 5.11. The summed E-state index contributed by atoms with van der Waals surface area (Å²) in [6, 6.07) is 0. The number of hydrogen-bond acceptors (Lipinski definition) is 0. The van der Waals surface area contributed by atoms with Crippen LogP contribution in [0.4, 0.5) is 35.1 Å². The van der Waals surface area contributed by atoms with Crippen LogP contribution in [-0.4, -0.2) is 23.7 Å². The molecule has 1 aliphatic carbocycles. The molecule has 2 unspecified atom stereocenters. The van der Waals surface area contributed by atoms with Crippen molar-refractivity contribution in [1.29, 1.82) is 0 Å². The lowest BCUT2D eigenvalue weighted by Crippen LogP contribution is -2.52. The Kier molecular flexibility index (Phi) is 4.38. The van der Waals surface area contributed by atoms with Gasteiger partial charge in [-0.3, -0.25) is 0 Å². The van der Waals surface area contributed by atoms with Crippen LogP contribution in [0, 0.1) is 23.7 Å².